The van der Waals surface area contributed by atoms with Gasteiger partial charge in [0.1, 0.15) is 37.5 Å². The van der Waals surface area contributed by atoms with Crippen LogP contribution in [0.25, 0.3) is 32.0 Å². The van der Waals surface area contributed by atoms with Crippen molar-refractivity contribution in [2.24, 2.45) is 11.8 Å². The van der Waals surface area contributed by atoms with Gasteiger partial charge in [-0.15, -0.1) is 23.5 Å². The van der Waals surface area contributed by atoms with Crippen LogP contribution in [0.2, 0.25) is 10.0 Å². The zero-order valence-corrected chi connectivity index (χ0v) is 49.8. The number of hydrogen-bond donors (Lipinski definition) is 0. The van der Waals surface area contributed by atoms with Crippen molar-refractivity contribution in [2.45, 2.75) is 101 Å². The number of pyridine rings is 4. The van der Waals surface area contributed by atoms with Gasteiger partial charge >= 0.3 is 7.12 Å². The summed E-state index contributed by atoms with van der Waals surface area (Å²) in [5.74, 6) is 2.40. The van der Waals surface area contributed by atoms with Crippen LogP contribution in [0.15, 0.2) is 100 Å². The molecule has 0 aliphatic carbocycles. The molecule has 2 atom stereocenters. The average molecular weight is 1210 g/mol. The fourth-order valence-electron chi connectivity index (χ4n) is 8.70. The summed E-state index contributed by atoms with van der Waals surface area (Å²) >= 11 is 21.4. The van der Waals surface area contributed by atoms with Gasteiger partial charge in [-0.1, -0.05) is 51.9 Å². The Morgan fingerprint density at radius 3 is 1.51 bits per heavy atom. The van der Waals surface area contributed by atoms with E-state index < -0.39 is 0 Å². The van der Waals surface area contributed by atoms with E-state index in [1.807, 2.05) is 67.4 Å². The maximum Gasteiger partial charge on any atom is 0.496 e. The van der Waals surface area contributed by atoms with Gasteiger partial charge in [0.25, 0.3) is 10.4 Å². The summed E-state index contributed by atoms with van der Waals surface area (Å²) in [6.07, 6.45) is 18.5. The van der Waals surface area contributed by atoms with Crippen molar-refractivity contribution in [1.82, 2.24) is 49.8 Å². The first-order chi connectivity index (χ1) is 36.5. The second-order valence-corrected chi connectivity index (χ2v) is 24.7. The Kier molecular flexibility index (Phi) is 18.6. The summed E-state index contributed by atoms with van der Waals surface area (Å²) in [4.78, 5) is 50.6. The fraction of sp³-hybridized carbons (Fsp3) is 0.423. The van der Waals surface area contributed by atoms with E-state index in [-0.39, 0.29) is 30.5 Å². The van der Waals surface area contributed by atoms with E-state index >= 15 is 0 Å². The first kappa shape index (κ1) is 56.2. The SMILES string of the molecule is CSc1ccc(-c2ccc3nc(O[C@@H](C)C4CCN(c5ncc(Cl)cn5)CC4)sc3n2)cn1.CSc1ccc(B2OC(C)(C)C(C)(C)O2)cn1.C[C@H](Oc1nc2ccc(Br)nc2s1)C1CCN(c2ncc(Cl)cn2)CC1. The van der Waals surface area contributed by atoms with Gasteiger partial charge < -0.3 is 28.6 Å². The summed E-state index contributed by atoms with van der Waals surface area (Å²) in [7, 11) is -0.316. The Balaban J connectivity index is 0.000000147. The highest BCUT2D eigenvalue weighted by molar-refractivity contribution is 9.10. The molecule has 8 aromatic rings. The second kappa shape index (κ2) is 25.1. The lowest BCUT2D eigenvalue weighted by Crippen LogP contribution is -2.41. The monoisotopic (exact) mass is 1200 g/mol. The Hall–Kier alpha value is -4.52. The van der Waals surface area contributed by atoms with Crippen LogP contribution >= 0.6 is 85.3 Å². The van der Waals surface area contributed by atoms with Crippen LogP contribution in [0, 0.1) is 11.8 Å². The van der Waals surface area contributed by atoms with E-state index in [1.54, 1.807) is 48.3 Å². The number of aromatic nitrogens is 10. The van der Waals surface area contributed by atoms with Crippen LogP contribution in [0.4, 0.5) is 11.9 Å². The number of nitrogens with zero attached hydrogens (tertiary/aromatic N) is 12. The van der Waals surface area contributed by atoms with Gasteiger partial charge in [0.2, 0.25) is 11.9 Å². The molecule has 0 saturated carbocycles. The zero-order chi connectivity index (χ0) is 53.6. The minimum absolute atomic E-state index is 0.0709. The molecule has 398 valence electrons. The van der Waals surface area contributed by atoms with Gasteiger partial charge in [-0.3, -0.25) is 4.98 Å². The minimum Gasteiger partial charge on any atom is -0.467 e. The molecule has 0 unspecified atom stereocenters. The number of hydrogen-bond acceptors (Lipinski definition) is 20. The number of anilines is 2. The third kappa shape index (κ3) is 14.0. The van der Waals surface area contributed by atoms with Crippen molar-refractivity contribution in [3.63, 3.8) is 0 Å². The van der Waals surface area contributed by atoms with Crippen LogP contribution < -0.4 is 24.7 Å². The summed E-state index contributed by atoms with van der Waals surface area (Å²) in [6, 6.07) is 15.9. The number of fused-ring (bicyclic) bond motifs is 2. The molecule has 0 aromatic carbocycles. The Morgan fingerprint density at radius 1 is 0.605 bits per heavy atom. The third-order valence-corrected chi connectivity index (χ3v) is 17.8. The quantitative estimate of drug-likeness (QED) is 0.0641. The van der Waals surface area contributed by atoms with E-state index in [1.165, 1.54) is 22.7 Å². The summed E-state index contributed by atoms with van der Waals surface area (Å²) in [5.41, 5.74) is 4.00. The van der Waals surface area contributed by atoms with Gasteiger partial charge in [-0.2, -0.15) is 0 Å². The molecule has 3 fully saturated rings. The maximum absolute atomic E-state index is 6.26. The van der Waals surface area contributed by atoms with Crippen molar-refractivity contribution in [2.75, 3.05) is 48.5 Å². The van der Waals surface area contributed by atoms with E-state index in [9.17, 15) is 0 Å². The number of rotatable bonds is 12. The van der Waals surface area contributed by atoms with E-state index in [4.69, 9.17) is 47.0 Å². The third-order valence-electron chi connectivity index (χ3n) is 13.9. The molecule has 3 aliphatic rings. The largest absolute Gasteiger partial charge is 0.496 e. The summed E-state index contributed by atoms with van der Waals surface area (Å²) in [5, 5.41) is 4.46. The summed E-state index contributed by atoms with van der Waals surface area (Å²) in [6.45, 7) is 16.1. The van der Waals surface area contributed by atoms with Gasteiger partial charge in [-0.25, -0.2) is 44.9 Å². The van der Waals surface area contributed by atoms with Crippen molar-refractivity contribution in [3.05, 3.63) is 100 Å². The Labute approximate surface area is 478 Å². The molecule has 76 heavy (non-hydrogen) atoms. The summed E-state index contributed by atoms with van der Waals surface area (Å²) < 4.78 is 25.1. The van der Waals surface area contributed by atoms with Crippen molar-refractivity contribution < 1.29 is 18.8 Å². The van der Waals surface area contributed by atoms with Crippen LogP contribution in [0.1, 0.15) is 67.2 Å². The Morgan fingerprint density at radius 2 is 1.07 bits per heavy atom. The predicted octanol–water partition coefficient (Wildman–Crippen LogP) is 12.3. The second-order valence-electron chi connectivity index (χ2n) is 19.4. The average Bonchev–Trinajstić information content (AvgIpc) is 4.10. The van der Waals surface area contributed by atoms with E-state index in [0.29, 0.717) is 32.3 Å². The topological polar surface area (TPSA) is 172 Å². The predicted molar refractivity (Wildman–Crippen MR) is 313 cm³/mol. The Bertz CT molecular complexity index is 3160. The van der Waals surface area contributed by atoms with Crippen molar-refractivity contribution >= 4 is 131 Å². The van der Waals surface area contributed by atoms with E-state index in [2.05, 4.69) is 118 Å². The molecular formula is C52H58BBrCl2N12O4S4. The first-order valence-electron chi connectivity index (χ1n) is 24.9. The van der Waals surface area contributed by atoms with Gasteiger partial charge in [-0.05, 0) is 150 Å². The number of halogens is 3. The molecule has 0 radical (unpaired) electrons. The van der Waals surface area contributed by atoms with Crippen LogP contribution in [-0.4, -0.2) is 119 Å². The highest BCUT2D eigenvalue weighted by Crippen LogP contribution is 2.37. The molecule has 24 heteroatoms. The molecule has 8 aromatic heterocycles. The van der Waals surface area contributed by atoms with Crippen molar-refractivity contribution in [3.8, 4) is 21.6 Å². The standard InChI is InChI=1S/C23H23ClN6OS2.C17H17BrClN5OS.C12H18BNO2S/c1-14(15-7-9-30(10-8-15)22-26-12-17(24)13-27-22)31-23-29-19-5-4-18(28-21(19)33-23)16-3-6-20(32-2)25-11-16;1-10(25-17-22-13-2-3-14(18)23-15(13)26-17)11-4-6-24(7-5-11)16-20-8-12(19)9-21-16;1-11(2)12(3,4)16-13(15-11)9-6-7-10(17-5)14-8-9/h3-6,11-15H,7-10H2,1-2H3;2-3,8-11H,4-7H2,1H3;6-8H,1-5H3/t14-;10-;/m00./s1. The van der Waals surface area contributed by atoms with Crippen LogP contribution in [0.3, 0.4) is 0 Å². The maximum atomic E-state index is 6.26. The highest BCUT2D eigenvalue weighted by atomic mass is 79.9. The molecule has 3 aliphatic heterocycles. The van der Waals surface area contributed by atoms with Crippen molar-refractivity contribution in [1.29, 1.82) is 0 Å². The number of ether oxygens (including phenoxy) is 2. The molecule has 11 rings (SSSR count). The fourth-order valence-corrected chi connectivity index (χ4v) is 11.8. The first-order valence-corrected chi connectivity index (χ1v) is 30.5. The molecule has 0 N–H and O–H groups in total. The lowest BCUT2D eigenvalue weighted by atomic mass is 9.80. The zero-order valence-electron chi connectivity index (χ0n) is 43.4. The lowest BCUT2D eigenvalue weighted by molar-refractivity contribution is 0.00578. The molecule has 0 amide bonds. The smallest absolute Gasteiger partial charge is 0.467 e. The van der Waals surface area contributed by atoms with Gasteiger partial charge in [0, 0.05) is 49.6 Å². The van der Waals surface area contributed by atoms with Gasteiger partial charge in [0.05, 0.1) is 61.8 Å². The van der Waals surface area contributed by atoms with Crippen LogP contribution in [0.5, 0.6) is 10.4 Å². The number of thiazole rings is 2. The molecule has 11 heterocycles. The molecular weight excluding hydrogens is 1150 g/mol. The highest BCUT2D eigenvalue weighted by Gasteiger charge is 2.51. The molecule has 0 spiro atoms. The normalized spacial score (nSPS) is 17.4. The number of thioether (sulfide) groups is 2. The number of piperidine rings is 2. The minimum atomic E-state index is -0.316. The molecule has 3 saturated heterocycles. The lowest BCUT2D eigenvalue weighted by Gasteiger charge is -2.34. The van der Waals surface area contributed by atoms with E-state index in [0.717, 1.165) is 116 Å². The molecule has 16 nitrogen and oxygen atoms in total. The van der Waals surface area contributed by atoms with Crippen LogP contribution in [-0.2, 0) is 9.31 Å². The van der Waals surface area contributed by atoms with Gasteiger partial charge in [0.15, 0.2) is 0 Å². The molecule has 0 bridgehead atoms.